The third-order valence-corrected chi connectivity index (χ3v) is 2.64. The number of pyridine rings is 1. The van der Waals surface area contributed by atoms with Crippen LogP contribution in [0.1, 0.15) is 11.7 Å². The molecule has 0 bridgehead atoms. The molecule has 2 unspecified atom stereocenters. The van der Waals surface area contributed by atoms with Gasteiger partial charge < -0.3 is 15.9 Å². The molecular formula is C12H14N2O2. The number of fused-ring (bicyclic) bond motifs is 1. The maximum atomic E-state index is 9.93. The summed E-state index contributed by atoms with van der Waals surface area (Å²) in [5.41, 5.74) is 5.98. The van der Waals surface area contributed by atoms with Crippen molar-refractivity contribution in [3.05, 3.63) is 42.2 Å². The first-order valence-electron chi connectivity index (χ1n) is 5.13. The second-order valence-corrected chi connectivity index (χ2v) is 3.69. The van der Waals surface area contributed by atoms with E-state index < -0.39 is 12.2 Å². The van der Waals surface area contributed by atoms with E-state index in [9.17, 15) is 10.2 Å². The van der Waals surface area contributed by atoms with E-state index in [0.717, 1.165) is 10.8 Å². The first kappa shape index (κ1) is 11.0. The molecule has 0 radical (unpaired) electrons. The Morgan fingerprint density at radius 1 is 1.25 bits per heavy atom. The van der Waals surface area contributed by atoms with Gasteiger partial charge in [0.2, 0.25) is 0 Å². The van der Waals surface area contributed by atoms with Crippen LogP contribution in [0.4, 0.5) is 0 Å². The van der Waals surface area contributed by atoms with Crippen molar-refractivity contribution in [1.82, 2.24) is 4.98 Å². The Bertz CT molecular complexity index is 482. The number of benzene rings is 1. The standard InChI is InChI=1S/C12H14N2O2/c13-6-11(15)12(16)9-3-1-2-8-4-5-14-7-10(8)9/h1-5,7,11-12,15-16H,6,13H2. The summed E-state index contributed by atoms with van der Waals surface area (Å²) in [6.45, 7) is 0.0256. The summed E-state index contributed by atoms with van der Waals surface area (Å²) in [4.78, 5) is 4.02. The van der Waals surface area contributed by atoms with Gasteiger partial charge in [0.05, 0.1) is 6.10 Å². The molecule has 0 amide bonds. The second-order valence-electron chi connectivity index (χ2n) is 3.69. The summed E-state index contributed by atoms with van der Waals surface area (Å²) in [6, 6.07) is 7.40. The van der Waals surface area contributed by atoms with Crippen LogP contribution in [-0.4, -0.2) is 27.8 Å². The van der Waals surface area contributed by atoms with E-state index in [1.54, 1.807) is 18.5 Å². The number of nitrogens with zero attached hydrogens (tertiary/aromatic N) is 1. The molecule has 2 aromatic rings. The van der Waals surface area contributed by atoms with Gasteiger partial charge in [-0.05, 0) is 17.0 Å². The molecule has 2 rings (SSSR count). The Labute approximate surface area is 93.4 Å². The summed E-state index contributed by atoms with van der Waals surface area (Å²) >= 11 is 0. The molecular weight excluding hydrogens is 204 g/mol. The molecule has 4 nitrogen and oxygen atoms in total. The Morgan fingerprint density at radius 2 is 2.06 bits per heavy atom. The lowest BCUT2D eigenvalue weighted by Crippen LogP contribution is -2.27. The lowest BCUT2D eigenvalue weighted by Gasteiger charge is -2.17. The van der Waals surface area contributed by atoms with Gasteiger partial charge in [0.1, 0.15) is 6.10 Å². The van der Waals surface area contributed by atoms with E-state index in [0.29, 0.717) is 5.56 Å². The van der Waals surface area contributed by atoms with E-state index in [4.69, 9.17) is 5.73 Å². The number of aromatic nitrogens is 1. The minimum absolute atomic E-state index is 0.0256. The van der Waals surface area contributed by atoms with Crippen molar-refractivity contribution in [2.24, 2.45) is 5.73 Å². The van der Waals surface area contributed by atoms with Crippen LogP contribution in [0.2, 0.25) is 0 Å². The third-order valence-electron chi connectivity index (χ3n) is 2.64. The van der Waals surface area contributed by atoms with Gasteiger partial charge in [0.25, 0.3) is 0 Å². The number of aliphatic hydroxyl groups is 2. The molecule has 1 heterocycles. The molecule has 2 atom stereocenters. The Morgan fingerprint density at radius 3 is 2.81 bits per heavy atom. The van der Waals surface area contributed by atoms with Crippen molar-refractivity contribution in [1.29, 1.82) is 0 Å². The van der Waals surface area contributed by atoms with Crippen LogP contribution in [0.5, 0.6) is 0 Å². The van der Waals surface area contributed by atoms with Crippen LogP contribution in [0, 0.1) is 0 Å². The lowest BCUT2D eigenvalue weighted by molar-refractivity contribution is 0.0252. The van der Waals surface area contributed by atoms with Crippen molar-refractivity contribution in [2.45, 2.75) is 12.2 Å². The lowest BCUT2D eigenvalue weighted by atomic mass is 9.99. The van der Waals surface area contributed by atoms with E-state index in [-0.39, 0.29) is 6.54 Å². The second kappa shape index (κ2) is 4.57. The number of nitrogens with two attached hydrogens (primary N) is 1. The zero-order chi connectivity index (χ0) is 11.5. The van der Waals surface area contributed by atoms with Gasteiger partial charge in [0, 0.05) is 24.3 Å². The molecule has 0 aliphatic heterocycles. The van der Waals surface area contributed by atoms with Gasteiger partial charge in [-0.3, -0.25) is 4.98 Å². The highest BCUT2D eigenvalue weighted by molar-refractivity contribution is 5.85. The van der Waals surface area contributed by atoms with Crippen molar-refractivity contribution in [3.8, 4) is 0 Å². The van der Waals surface area contributed by atoms with Crippen molar-refractivity contribution >= 4 is 10.8 Å². The van der Waals surface area contributed by atoms with Crippen LogP contribution in [0.15, 0.2) is 36.7 Å². The SMILES string of the molecule is NCC(O)C(O)c1cccc2ccncc12. The molecule has 1 aromatic heterocycles. The molecule has 84 valence electrons. The van der Waals surface area contributed by atoms with Gasteiger partial charge in [-0.25, -0.2) is 0 Å². The fraction of sp³-hybridized carbons (Fsp3) is 0.250. The van der Waals surface area contributed by atoms with Gasteiger partial charge in [-0.15, -0.1) is 0 Å². The molecule has 16 heavy (non-hydrogen) atoms. The minimum Gasteiger partial charge on any atom is -0.389 e. The fourth-order valence-electron chi connectivity index (χ4n) is 1.73. The smallest absolute Gasteiger partial charge is 0.107 e. The number of hydrogen-bond donors (Lipinski definition) is 3. The van der Waals surface area contributed by atoms with Crippen LogP contribution < -0.4 is 5.73 Å². The van der Waals surface area contributed by atoms with Gasteiger partial charge in [-0.2, -0.15) is 0 Å². The highest BCUT2D eigenvalue weighted by Crippen LogP contribution is 2.25. The van der Waals surface area contributed by atoms with Gasteiger partial charge in [0.15, 0.2) is 0 Å². The van der Waals surface area contributed by atoms with Crippen molar-refractivity contribution in [2.75, 3.05) is 6.54 Å². The predicted molar refractivity (Wildman–Crippen MR) is 61.8 cm³/mol. The monoisotopic (exact) mass is 218 g/mol. The molecule has 4 heteroatoms. The summed E-state index contributed by atoms with van der Waals surface area (Å²) in [7, 11) is 0. The third kappa shape index (κ3) is 1.90. The molecule has 0 aliphatic rings. The topological polar surface area (TPSA) is 79.4 Å². The zero-order valence-corrected chi connectivity index (χ0v) is 8.74. The first-order chi connectivity index (χ1) is 7.74. The maximum absolute atomic E-state index is 9.93. The highest BCUT2D eigenvalue weighted by atomic mass is 16.3. The fourth-order valence-corrected chi connectivity index (χ4v) is 1.73. The Hall–Kier alpha value is -1.49. The van der Waals surface area contributed by atoms with Crippen LogP contribution in [0.3, 0.4) is 0 Å². The molecule has 0 fully saturated rings. The quantitative estimate of drug-likeness (QED) is 0.704. The number of rotatable bonds is 3. The average Bonchev–Trinajstić information content (AvgIpc) is 2.36. The molecule has 0 saturated heterocycles. The molecule has 0 aliphatic carbocycles. The van der Waals surface area contributed by atoms with Crippen LogP contribution in [-0.2, 0) is 0 Å². The molecule has 0 spiro atoms. The number of aliphatic hydroxyl groups excluding tert-OH is 2. The Balaban J connectivity index is 2.52. The van der Waals surface area contributed by atoms with E-state index >= 15 is 0 Å². The van der Waals surface area contributed by atoms with Crippen molar-refractivity contribution < 1.29 is 10.2 Å². The van der Waals surface area contributed by atoms with Crippen molar-refractivity contribution in [3.63, 3.8) is 0 Å². The summed E-state index contributed by atoms with van der Waals surface area (Å²) in [5, 5.41) is 21.3. The van der Waals surface area contributed by atoms with Crippen LogP contribution >= 0.6 is 0 Å². The Kier molecular flexibility index (Phi) is 3.14. The number of hydrogen-bond acceptors (Lipinski definition) is 4. The minimum atomic E-state index is -0.974. The van der Waals surface area contributed by atoms with E-state index in [2.05, 4.69) is 4.98 Å². The van der Waals surface area contributed by atoms with Crippen LogP contribution in [0.25, 0.3) is 10.8 Å². The van der Waals surface area contributed by atoms with E-state index in [1.807, 2.05) is 18.2 Å². The molecule has 1 aromatic carbocycles. The molecule has 4 N–H and O–H groups in total. The summed E-state index contributed by atoms with van der Waals surface area (Å²) in [5.74, 6) is 0. The average molecular weight is 218 g/mol. The molecule has 0 saturated carbocycles. The first-order valence-corrected chi connectivity index (χ1v) is 5.13. The summed E-state index contributed by atoms with van der Waals surface area (Å²) < 4.78 is 0. The maximum Gasteiger partial charge on any atom is 0.107 e. The largest absolute Gasteiger partial charge is 0.389 e. The predicted octanol–water partition coefficient (Wildman–Crippen LogP) is 0.588. The summed E-state index contributed by atoms with van der Waals surface area (Å²) in [6.07, 6.45) is 1.44. The normalized spacial score (nSPS) is 14.9. The zero-order valence-electron chi connectivity index (χ0n) is 8.74. The van der Waals surface area contributed by atoms with Gasteiger partial charge >= 0.3 is 0 Å². The highest BCUT2D eigenvalue weighted by Gasteiger charge is 2.18. The van der Waals surface area contributed by atoms with Gasteiger partial charge in [-0.1, -0.05) is 18.2 Å². The van der Waals surface area contributed by atoms with E-state index in [1.165, 1.54) is 0 Å².